The number of carbonyl (C=O) groups is 12. The van der Waals surface area contributed by atoms with E-state index in [9.17, 15) is 57.5 Å². The quantitative estimate of drug-likeness (QED) is 0.231. The van der Waals surface area contributed by atoms with Crippen LogP contribution in [0, 0.1) is 0 Å². The molecular weight excluding hydrogens is 797 g/mol. The van der Waals surface area contributed by atoms with Crippen LogP contribution in [0.2, 0.25) is 41.8 Å². The molecule has 5 aliphatic heterocycles. The smallest absolute Gasteiger partial charge is 0.379 e. The minimum atomic E-state index is -4.58. The lowest BCUT2D eigenvalue weighted by atomic mass is 10.3. The Morgan fingerprint density at radius 2 is 0.764 bits per heavy atom. The normalized spacial score (nSPS) is 33.7. The first kappa shape index (κ1) is 42.1. The monoisotopic (exact) mass is 837 g/mol. The highest BCUT2D eigenvalue weighted by Gasteiger charge is 2.70. The maximum Gasteiger partial charge on any atom is 0.379 e. The van der Waals surface area contributed by atoms with Crippen LogP contribution in [0.5, 0.6) is 0 Å². The zero-order valence-electron chi connectivity index (χ0n) is 31.3. The molecule has 5 saturated heterocycles. The lowest BCUT2D eigenvalue weighted by Crippen LogP contribution is -2.69. The number of carbonyl (C=O) groups excluding carboxylic acids is 12. The summed E-state index contributed by atoms with van der Waals surface area (Å²) in [7, 11) is -17.1. The van der Waals surface area contributed by atoms with Crippen molar-refractivity contribution in [3.8, 4) is 0 Å². The summed E-state index contributed by atoms with van der Waals surface area (Å²) in [6.07, 6.45) is -3.41. The molecule has 0 aromatic carbocycles. The highest BCUT2D eigenvalue weighted by Crippen LogP contribution is 2.50. The maximum atomic E-state index is 14.0. The van der Waals surface area contributed by atoms with E-state index in [0.717, 1.165) is 0 Å². The number of hydrogen-bond donors (Lipinski definition) is 0. The lowest BCUT2D eigenvalue weighted by Gasteiger charge is -2.50. The number of nitrogens with zero attached hydrogens (tertiary/aromatic N) is 4. The molecule has 0 saturated carbocycles. The highest BCUT2D eigenvalue weighted by molar-refractivity contribution is 6.95. The Labute approximate surface area is 319 Å². The van der Waals surface area contributed by atoms with Crippen LogP contribution in [0.4, 0.5) is 0 Å². The van der Waals surface area contributed by atoms with Crippen molar-refractivity contribution in [3.05, 3.63) is 0 Å². The van der Waals surface area contributed by atoms with Crippen molar-refractivity contribution < 1.29 is 74.0 Å². The Balaban J connectivity index is 1.71. The highest BCUT2D eigenvalue weighted by atomic mass is 28.5. The van der Waals surface area contributed by atoms with Gasteiger partial charge in [0.05, 0.1) is 22.2 Å². The fraction of sp³-hybridized carbons (Fsp3) is 0.613. The number of imide groups is 12. The molecule has 0 spiro atoms. The first-order chi connectivity index (χ1) is 25.6. The molecule has 5 rings (SSSR count). The predicted molar refractivity (Wildman–Crippen MR) is 187 cm³/mol. The van der Waals surface area contributed by atoms with E-state index in [2.05, 4.69) is 0 Å². The summed E-state index contributed by atoms with van der Waals surface area (Å²) < 4.78 is 26.9. The largest absolute Gasteiger partial charge is 0.415 e. The molecule has 12 amide bonds. The van der Waals surface area contributed by atoms with Crippen molar-refractivity contribution >= 4 is 106 Å². The number of hydrogen-bond acceptors (Lipinski definition) is 16. The van der Waals surface area contributed by atoms with Crippen LogP contribution in [-0.2, 0) is 74.0 Å². The molecule has 1 radical (unpaired) electrons. The van der Waals surface area contributed by atoms with Crippen molar-refractivity contribution in [1.82, 2.24) is 19.6 Å². The van der Waals surface area contributed by atoms with Crippen LogP contribution >= 0.6 is 0 Å². The van der Waals surface area contributed by atoms with Crippen LogP contribution in [0.1, 0.15) is 79.1 Å². The third-order valence-electron chi connectivity index (χ3n) is 10.4. The van der Waals surface area contributed by atoms with E-state index in [0.29, 0.717) is 19.6 Å². The summed E-state index contributed by atoms with van der Waals surface area (Å²) in [5.41, 5.74) is -6.13. The first-order valence-electron chi connectivity index (χ1n) is 17.9. The van der Waals surface area contributed by atoms with E-state index in [4.69, 9.17) is 16.5 Å². The van der Waals surface area contributed by atoms with Crippen molar-refractivity contribution in [2.75, 3.05) is 0 Å². The molecular formula is C31H41N4O16Si4. The summed E-state index contributed by atoms with van der Waals surface area (Å²) >= 11 is 0. The van der Waals surface area contributed by atoms with E-state index in [-0.39, 0.29) is 25.7 Å². The second-order valence-electron chi connectivity index (χ2n) is 14.1. The summed E-state index contributed by atoms with van der Waals surface area (Å²) in [5.74, 6) is -10.9. The van der Waals surface area contributed by atoms with Gasteiger partial charge in [-0.15, -0.1) is 0 Å². The van der Waals surface area contributed by atoms with Crippen molar-refractivity contribution in [2.45, 2.75) is 121 Å². The zero-order valence-corrected chi connectivity index (χ0v) is 35.3. The summed E-state index contributed by atoms with van der Waals surface area (Å²) in [5, 5.41) is 0. The van der Waals surface area contributed by atoms with E-state index in [1.165, 1.54) is 47.3 Å². The molecule has 0 N–H and O–H groups in total. The molecule has 24 heteroatoms. The third-order valence-corrected chi connectivity index (χ3v) is 27.9. The molecule has 6 unspecified atom stereocenters. The molecule has 5 fully saturated rings. The number of amides is 12. The maximum absolute atomic E-state index is 14.0. The van der Waals surface area contributed by atoms with Gasteiger partial charge in [-0.1, -0.05) is 27.7 Å². The van der Waals surface area contributed by atoms with E-state index in [1.807, 2.05) is 0 Å². The van der Waals surface area contributed by atoms with Crippen molar-refractivity contribution in [2.24, 2.45) is 0 Å². The molecule has 0 aromatic heterocycles. The Hall–Kier alpha value is -4.05. The fourth-order valence-corrected chi connectivity index (χ4v) is 27.9. The Bertz CT molecular complexity index is 1770. The fourth-order valence-electron chi connectivity index (χ4n) is 7.48. The van der Waals surface area contributed by atoms with E-state index in [1.54, 1.807) is 0 Å². The first-order valence-corrected chi connectivity index (χ1v) is 26.4. The SMILES string of the molecule is CCC(=O)N1C(=O)CC([Si]2O[Si](C)(C3CC(=O)N(C(=O)CC)C3=O)O[Si](C)(C3CC(=O)N(C(=O)CC)C3=O)O[Si](C)(C3CC(=O)N(C(=O)CC)C3=O)O2)C1=O. The summed E-state index contributed by atoms with van der Waals surface area (Å²) in [6.45, 7) is 9.66. The number of rotatable bonds is 8. The molecule has 20 nitrogen and oxygen atoms in total. The molecule has 6 atom stereocenters. The third kappa shape index (κ3) is 7.01. The molecule has 0 bridgehead atoms. The van der Waals surface area contributed by atoms with Gasteiger partial charge in [-0.05, 0) is 19.6 Å². The minimum absolute atomic E-state index is 0.227. The second-order valence-corrected chi connectivity index (χ2v) is 26.8. The second kappa shape index (κ2) is 15.1. The number of likely N-dealkylation sites (tertiary alicyclic amines) is 4. The minimum Gasteiger partial charge on any atom is -0.415 e. The van der Waals surface area contributed by atoms with Crippen LogP contribution in [0.15, 0.2) is 0 Å². The van der Waals surface area contributed by atoms with Crippen LogP contribution in [-0.4, -0.2) is 125 Å². The summed E-state index contributed by atoms with van der Waals surface area (Å²) in [6, 6.07) is 0. The van der Waals surface area contributed by atoms with Gasteiger partial charge in [0.1, 0.15) is 0 Å². The molecule has 55 heavy (non-hydrogen) atoms. The Kier molecular flexibility index (Phi) is 11.6. The molecule has 0 aliphatic carbocycles. The van der Waals surface area contributed by atoms with Crippen molar-refractivity contribution in [3.63, 3.8) is 0 Å². The molecule has 297 valence electrons. The van der Waals surface area contributed by atoms with Gasteiger partial charge in [-0.2, -0.15) is 0 Å². The average Bonchev–Trinajstić information content (AvgIpc) is 3.81. The predicted octanol–water partition coefficient (Wildman–Crippen LogP) is 0.0334. The lowest BCUT2D eigenvalue weighted by molar-refractivity contribution is -0.151. The topological polar surface area (TPSA) is 255 Å². The van der Waals surface area contributed by atoms with Gasteiger partial charge in [0.2, 0.25) is 70.9 Å². The average molecular weight is 838 g/mol. The molecule has 5 aliphatic rings. The van der Waals surface area contributed by atoms with E-state index < -0.39 is 154 Å². The molecule has 5 heterocycles. The van der Waals surface area contributed by atoms with Gasteiger partial charge in [0, 0.05) is 51.4 Å². The van der Waals surface area contributed by atoms with Gasteiger partial charge >= 0.3 is 35.0 Å². The zero-order chi connectivity index (χ0) is 41.1. The van der Waals surface area contributed by atoms with Crippen LogP contribution in [0.25, 0.3) is 0 Å². The molecule has 0 aromatic rings. The van der Waals surface area contributed by atoms with Crippen LogP contribution < -0.4 is 0 Å². The van der Waals surface area contributed by atoms with E-state index >= 15 is 0 Å². The summed E-state index contributed by atoms with van der Waals surface area (Å²) in [4.78, 5) is 161. The van der Waals surface area contributed by atoms with Gasteiger partial charge in [0.25, 0.3) is 0 Å². The van der Waals surface area contributed by atoms with Gasteiger partial charge in [-0.25, -0.2) is 19.6 Å². The standard InChI is InChI=1S/C31H41N4O16Si4/c1-8-20(36)32-24(40)12-16(28(32)44)52-48-53(5,17-13-25(41)33(29(17)45)21(37)9-2)50-55(7,19-15-27(43)35(31(19)47)23(39)11-4)51-54(6,49-52)18-14-26(42)34(30(18)46)22(38)10-3/h16-19H,8-15H2,1-7H3. The van der Waals surface area contributed by atoms with Crippen molar-refractivity contribution in [1.29, 1.82) is 0 Å². The Morgan fingerprint density at radius 3 is 1.07 bits per heavy atom. The van der Waals surface area contributed by atoms with Crippen LogP contribution in [0.3, 0.4) is 0 Å². The van der Waals surface area contributed by atoms with Gasteiger partial charge in [-0.3, -0.25) is 57.5 Å². The van der Waals surface area contributed by atoms with Gasteiger partial charge in [0.15, 0.2) is 0 Å². The van der Waals surface area contributed by atoms with Gasteiger partial charge < -0.3 is 16.5 Å². The Morgan fingerprint density at radius 1 is 0.491 bits per heavy atom.